The van der Waals surface area contributed by atoms with E-state index in [0.717, 1.165) is 11.3 Å². The van der Waals surface area contributed by atoms with E-state index in [4.69, 9.17) is 4.52 Å². The molecule has 7 nitrogen and oxygen atoms in total. The number of amides is 1. The Balaban J connectivity index is 1.70. The van der Waals surface area contributed by atoms with Crippen molar-refractivity contribution >= 4 is 23.5 Å². The second kappa shape index (κ2) is 9.35. The lowest BCUT2D eigenvalue weighted by atomic mass is 10.2. The van der Waals surface area contributed by atoms with Crippen LogP contribution in [0.4, 0.5) is 10.2 Å². The van der Waals surface area contributed by atoms with E-state index in [-0.39, 0.29) is 5.91 Å². The Morgan fingerprint density at radius 1 is 1.16 bits per heavy atom. The number of hydrogen-bond donors (Lipinski definition) is 1. The first-order valence-electron chi connectivity index (χ1n) is 10.1. The lowest BCUT2D eigenvalue weighted by Gasteiger charge is -2.15. The van der Waals surface area contributed by atoms with Crippen LogP contribution in [0.3, 0.4) is 0 Å². The third-order valence-electron chi connectivity index (χ3n) is 4.83. The van der Waals surface area contributed by atoms with E-state index in [2.05, 4.69) is 20.7 Å². The average Bonchev–Trinajstić information content (AvgIpc) is 3.38. The van der Waals surface area contributed by atoms with Crippen molar-refractivity contribution in [3.05, 3.63) is 71.7 Å². The summed E-state index contributed by atoms with van der Waals surface area (Å²) < 4.78 is 21.4. The number of aryl methyl sites for hydroxylation is 2. The van der Waals surface area contributed by atoms with Crippen LogP contribution in [0.1, 0.15) is 24.7 Å². The molecule has 0 bridgehead atoms. The number of benzene rings is 2. The van der Waals surface area contributed by atoms with Crippen LogP contribution in [0.2, 0.25) is 0 Å². The van der Waals surface area contributed by atoms with Crippen molar-refractivity contribution in [2.24, 2.45) is 0 Å². The van der Waals surface area contributed by atoms with E-state index in [1.807, 2.05) is 38.1 Å². The number of carbonyl (C=O) groups excluding carboxylic acids is 1. The summed E-state index contributed by atoms with van der Waals surface area (Å²) in [7, 11) is 0. The highest BCUT2D eigenvalue weighted by atomic mass is 32.2. The fourth-order valence-electron chi connectivity index (χ4n) is 3.17. The van der Waals surface area contributed by atoms with Crippen molar-refractivity contribution in [3.8, 4) is 17.1 Å². The van der Waals surface area contributed by atoms with Crippen LogP contribution in [0.5, 0.6) is 0 Å². The zero-order chi connectivity index (χ0) is 22.7. The first kappa shape index (κ1) is 21.8. The quantitative estimate of drug-likeness (QED) is 0.389. The predicted octanol–water partition coefficient (Wildman–Crippen LogP) is 5.19. The Morgan fingerprint density at radius 3 is 2.56 bits per heavy atom. The minimum Gasteiger partial charge on any atom is -0.360 e. The molecule has 2 heterocycles. The summed E-state index contributed by atoms with van der Waals surface area (Å²) in [5.41, 5.74) is 2.21. The molecule has 32 heavy (non-hydrogen) atoms. The van der Waals surface area contributed by atoms with Crippen molar-refractivity contribution in [2.45, 2.75) is 37.6 Å². The Hall–Kier alpha value is -3.46. The first-order valence-corrected chi connectivity index (χ1v) is 11.0. The summed E-state index contributed by atoms with van der Waals surface area (Å²) in [4.78, 5) is 12.8. The van der Waals surface area contributed by atoms with Crippen LogP contribution in [-0.4, -0.2) is 31.1 Å². The molecule has 164 valence electrons. The Kier molecular flexibility index (Phi) is 6.36. The maximum atomic E-state index is 14.6. The summed E-state index contributed by atoms with van der Waals surface area (Å²) in [6, 6.07) is 15.9. The zero-order valence-electron chi connectivity index (χ0n) is 17.9. The molecule has 0 radical (unpaired) electrons. The molecule has 0 aliphatic carbocycles. The van der Waals surface area contributed by atoms with E-state index in [9.17, 15) is 9.18 Å². The fraction of sp³-hybridized carbons (Fsp3) is 0.217. The molecule has 1 unspecified atom stereocenters. The molecule has 0 saturated carbocycles. The monoisotopic (exact) mass is 451 g/mol. The highest BCUT2D eigenvalue weighted by molar-refractivity contribution is 8.00. The minimum absolute atomic E-state index is 0.225. The number of carbonyl (C=O) groups is 1. The van der Waals surface area contributed by atoms with Crippen molar-refractivity contribution < 1.29 is 13.7 Å². The van der Waals surface area contributed by atoms with Crippen molar-refractivity contribution in [1.82, 2.24) is 19.9 Å². The van der Waals surface area contributed by atoms with Gasteiger partial charge in [0.15, 0.2) is 16.8 Å². The molecule has 1 amide bonds. The summed E-state index contributed by atoms with van der Waals surface area (Å²) >= 11 is 1.27. The van der Waals surface area contributed by atoms with E-state index in [1.165, 1.54) is 17.8 Å². The molecule has 2 aromatic heterocycles. The van der Waals surface area contributed by atoms with Crippen LogP contribution in [0.15, 0.2) is 64.3 Å². The van der Waals surface area contributed by atoms with Gasteiger partial charge in [-0.2, -0.15) is 0 Å². The molecular formula is C23H22FN5O2S. The maximum Gasteiger partial charge on any atom is 0.239 e. The summed E-state index contributed by atoms with van der Waals surface area (Å²) in [6.07, 6.45) is 0.545. The standard InChI is InChI=1S/C23H22FN5O2S/c1-4-19(22(30)25-20-13-15(3)31-28-20)32-23-27-26-21(17-7-5-6-8-18(17)24)29(23)16-11-9-14(2)10-12-16/h5-13,19H,4H2,1-3H3,(H,25,28,30). The number of hydrogen-bond acceptors (Lipinski definition) is 6. The maximum absolute atomic E-state index is 14.6. The summed E-state index contributed by atoms with van der Waals surface area (Å²) in [5, 5.41) is 15.2. The lowest BCUT2D eigenvalue weighted by Crippen LogP contribution is -2.25. The zero-order valence-corrected chi connectivity index (χ0v) is 18.7. The smallest absolute Gasteiger partial charge is 0.239 e. The number of thioether (sulfide) groups is 1. The van der Waals surface area contributed by atoms with Crippen molar-refractivity contribution in [1.29, 1.82) is 0 Å². The van der Waals surface area contributed by atoms with Gasteiger partial charge in [-0.25, -0.2) is 4.39 Å². The fourth-order valence-corrected chi connectivity index (χ4v) is 4.14. The van der Waals surface area contributed by atoms with Crippen LogP contribution < -0.4 is 5.32 Å². The van der Waals surface area contributed by atoms with E-state index in [1.54, 1.807) is 35.8 Å². The molecule has 1 atom stereocenters. The Labute approximate surface area is 189 Å². The van der Waals surface area contributed by atoms with Crippen LogP contribution in [0.25, 0.3) is 17.1 Å². The molecule has 4 aromatic rings. The van der Waals surface area contributed by atoms with Gasteiger partial charge in [-0.1, -0.05) is 53.7 Å². The van der Waals surface area contributed by atoms with Crippen molar-refractivity contribution in [3.63, 3.8) is 0 Å². The molecule has 4 rings (SSSR count). The van der Waals surface area contributed by atoms with Crippen LogP contribution >= 0.6 is 11.8 Å². The van der Waals surface area contributed by atoms with Crippen LogP contribution in [-0.2, 0) is 4.79 Å². The lowest BCUT2D eigenvalue weighted by molar-refractivity contribution is -0.115. The number of halogens is 1. The first-order chi connectivity index (χ1) is 15.5. The molecule has 2 aromatic carbocycles. The Bertz CT molecular complexity index is 1240. The molecule has 1 N–H and O–H groups in total. The second-order valence-electron chi connectivity index (χ2n) is 7.28. The third kappa shape index (κ3) is 4.57. The topological polar surface area (TPSA) is 85.8 Å². The highest BCUT2D eigenvalue weighted by Crippen LogP contribution is 2.32. The third-order valence-corrected chi connectivity index (χ3v) is 6.14. The molecular weight excluding hydrogens is 429 g/mol. The number of nitrogens with one attached hydrogen (secondary N) is 1. The molecule has 0 fully saturated rings. The SMILES string of the molecule is CCC(Sc1nnc(-c2ccccc2F)n1-c1ccc(C)cc1)C(=O)Nc1cc(C)on1. The summed E-state index contributed by atoms with van der Waals surface area (Å²) in [6.45, 7) is 5.66. The number of aromatic nitrogens is 4. The molecule has 0 aliphatic rings. The normalized spacial score (nSPS) is 12.0. The predicted molar refractivity (Wildman–Crippen MR) is 121 cm³/mol. The average molecular weight is 452 g/mol. The van der Waals surface area contributed by atoms with Gasteiger partial charge in [0.05, 0.1) is 10.8 Å². The van der Waals surface area contributed by atoms with Crippen LogP contribution in [0, 0.1) is 19.7 Å². The van der Waals surface area contributed by atoms with Gasteiger partial charge >= 0.3 is 0 Å². The van der Waals surface area contributed by atoms with E-state index < -0.39 is 11.1 Å². The van der Waals surface area contributed by atoms with Crippen molar-refractivity contribution in [2.75, 3.05) is 5.32 Å². The second-order valence-corrected chi connectivity index (χ2v) is 8.45. The van der Waals surface area contributed by atoms with Gasteiger partial charge in [-0.05, 0) is 44.5 Å². The largest absolute Gasteiger partial charge is 0.360 e. The highest BCUT2D eigenvalue weighted by Gasteiger charge is 2.25. The van der Waals surface area contributed by atoms with Gasteiger partial charge in [0.2, 0.25) is 5.91 Å². The van der Waals surface area contributed by atoms with Gasteiger partial charge in [0, 0.05) is 11.8 Å². The number of anilines is 1. The number of nitrogens with zero attached hydrogens (tertiary/aromatic N) is 4. The number of rotatable bonds is 7. The summed E-state index contributed by atoms with van der Waals surface area (Å²) in [5.74, 6) is 0.720. The van der Waals surface area contributed by atoms with Gasteiger partial charge in [0.25, 0.3) is 0 Å². The Morgan fingerprint density at radius 2 is 1.91 bits per heavy atom. The van der Waals surface area contributed by atoms with Gasteiger partial charge < -0.3 is 9.84 Å². The van der Waals surface area contributed by atoms with E-state index in [0.29, 0.717) is 34.5 Å². The minimum atomic E-state index is -0.464. The van der Waals surface area contributed by atoms with Gasteiger partial charge in [-0.15, -0.1) is 10.2 Å². The van der Waals surface area contributed by atoms with E-state index >= 15 is 0 Å². The van der Waals surface area contributed by atoms with Gasteiger partial charge in [0.1, 0.15) is 11.6 Å². The molecule has 0 saturated heterocycles. The molecule has 0 spiro atoms. The molecule has 0 aliphatic heterocycles. The van der Waals surface area contributed by atoms with Gasteiger partial charge in [-0.3, -0.25) is 9.36 Å². The molecule has 9 heteroatoms.